The number of piperazine rings is 1. The Hall–Kier alpha value is -0.690. The Bertz CT molecular complexity index is 334. The Labute approximate surface area is 119 Å². The molecule has 1 aromatic rings. The van der Waals surface area contributed by atoms with Crippen LogP contribution < -0.4 is 4.90 Å². The third-order valence-corrected chi connectivity index (χ3v) is 4.01. The van der Waals surface area contributed by atoms with Gasteiger partial charge in [-0.3, -0.25) is 4.90 Å². The zero-order valence-corrected chi connectivity index (χ0v) is 12.6. The van der Waals surface area contributed by atoms with Gasteiger partial charge in [0.1, 0.15) is 0 Å². The SMILES string of the molecule is CCOC(CN1CCN(c2nccs2)CC1)OCC. The van der Waals surface area contributed by atoms with E-state index in [1.807, 2.05) is 25.4 Å². The van der Waals surface area contributed by atoms with Gasteiger partial charge in [-0.25, -0.2) is 4.98 Å². The molecule has 1 saturated heterocycles. The van der Waals surface area contributed by atoms with Crippen LogP contribution in [0.5, 0.6) is 0 Å². The Kier molecular flexibility index (Phi) is 6.03. The van der Waals surface area contributed by atoms with Crippen LogP contribution in [-0.4, -0.2) is 62.1 Å². The van der Waals surface area contributed by atoms with Gasteiger partial charge in [0, 0.05) is 57.5 Å². The number of anilines is 1. The van der Waals surface area contributed by atoms with Crippen LogP contribution in [0.3, 0.4) is 0 Å². The Balaban J connectivity index is 1.76. The average Bonchev–Trinajstić information content (AvgIpc) is 2.94. The zero-order chi connectivity index (χ0) is 13.5. The van der Waals surface area contributed by atoms with E-state index in [-0.39, 0.29) is 6.29 Å². The summed E-state index contributed by atoms with van der Waals surface area (Å²) in [4.78, 5) is 9.11. The van der Waals surface area contributed by atoms with Crippen molar-refractivity contribution in [3.63, 3.8) is 0 Å². The number of nitrogens with zero attached hydrogens (tertiary/aromatic N) is 3. The quantitative estimate of drug-likeness (QED) is 0.712. The molecule has 0 unspecified atom stereocenters. The van der Waals surface area contributed by atoms with Crippen LogP contribution >= 0.6 is 11.3 Å². The number of thiazole rings is 1. The topological polar surface area (TPSA) is 37.8 Å². The highest BCUT2D eigenvalue weighted by Gasteiger charge is 2.21. The highest BCUT2D eigenvalue weighted by molar-refractivity contribution is 7.13. The van der Waals surface area contributed by atoms with Crippen LogP contribution in [0.15, 0.2) is 11.6 Å². The molecule has 0 spiro atoms. The summed E-state index contributed by atoms with van der Waals surface area (Å²) in [5.41, 5.74) is 0. The molecule has 0 N–H and O–H groups in total. The number of aromatic nitrogens is 1. The van der Waals surface area contributed by atoms with Gasteiger partial charge in [0.15, 0.2) is 11.4 Å². The van der Waals surface area contributed by atoms with Crippen LogP contribution in [0.4, 0.5) is 5.13 Å². The summed E-state index contributed by atoms with van der Waals surface area (Å²) in [5.74, 6) is 0. The van der Waals surface area contributed by atoms with Crippen LogP contribution in [0.25, 0.3) is 0 Å². The summed E-state index contributed by atoms with van der Waals surface area (Å²) in [6.45, 7) is 10.4. The van der Waals surface area contributed by atoms with Crippen molar-refractivity contribution in [3.05, 3.63) is 11.6 Å². The van der Waals surface area contributed by atoms with E-state index in [1.165, 1.54) is 0 Å². The molecule has 1 aliphatic heterocycles. The zero-order valence-electron chi connectivity index (χ0n) is 11.7. The third kappa shape index (κ3) is 4.42. The third-order valence-electron chi connectivity index (χ3n) is 3.17. The molecule has 1 aliphatic rings. The maximum Gasteiger partial charge on any atom is 0.185 e. The molecule has 0 saturated carbocycles. The maximum absolute atomic E-state index is 5.60. The lowest BCUT2D eigenvalue weighted by Crippen LogP contribution is -2.49. The molecule has 2 rings (SSSR count). The molecule has 6 heteroatoms. The van der Waals surface area contributed by atoms with Gasteiger partial charge in [-0.15, -0.1) is 11.3 Å². The van der Waals surface area contributed by atoms with E-state index in [2.05, 4.69) is 14.8 Å². The minimum atomic E-state index is -0.0959. The molecule has 0 bridgehead atoms. The summed E-state index contributed by atoms with van der Waals surface area (Å²) in [6.07, 6.45) is 1.77. The average molecular weight is 285 g/mol. The van der Waals surface area contributed by atoms with E-state index in [0.717, 1.165) is 37.9 Å². The first-order chi connectivity index (χ1) is 9.33. The van der Waals surface area contributed by atoms with Gasteiger partial charge in [0.2, 0.25) is 0 Å². The summed E-state index contributed by atoms with van der Waals surface area (Å²) in [6, 6.07) is 0. The van der Waals surface area contributed by atoms with Crippen molar-refractivity contribution in [3.8, 4) is 0 Å². The van der Waals surface area contributed by atoms with Crippen LogP contribution in [0.1, 0.15) is 13.8 Å². The fourth-order valence-electron chi connectivity index (χ4n) is 2.23. The van der Waals surface area contributed by atoms with Crippen molar-refractivity contribution in [2.75, 3.05) is 50.8 Å². The van der Waals surface area contributed by atoms with Crippen molar-refractivity contribution < 1.29 is 9.47 Å². The molecule has 0 aliphatic carbocycles. The molecule has 0 aromatic carbocycles. The summed E-state index contributed by atoms with van der Waals surface area (Å²) in [7, 11) is 0. The van der Waals surface area contributed by atoms with Gasteiger partial charge in [0.25, 0.3) is 0 Å². The van der Waals surface area contributed by atoms with Crippen molar-refractivity contribution in [2.45, 2.75) is 20.1 Å². The van der Waals surface area contributed by atoms with Crippen LogP contribution in [0.2, 0.25) is 0 Å². The molecule has 1 fully saturated rings. The van der Waals surface area contributed by atoms with E-state index < -0.39 is 0 Å². The largest absolute Gasteiger partial charge is 0.352 e. The van der Waals surface area contributed by atoms with Crippen LogP contribution in [-0.2, 0) is 9.47 Å². The first kappa shape index (κ1) is 14.7. The minimum Gasteiger partial charge on any atom is -0.352 e. The normalized spacial score (nSPS) is 17.3. The smallest absolute Gasteiger partial charge is 0.185 e. The number of rotatable bonds is 7. The molecule has 19 heavy (non-hydrogen) atoms. The first-order valence-corrected chi connectivity index (χ1v) is 7.81. The molecule has 0 amide bonds. The number of ether oxygens (including phenoxy) is 2. The lowest BCUT2D eigenvalue weighted by Gasteiger charge is -2.36. The van der Waals surface area contributed by atoms with Crippen molar-refractivity contribution in [1.82, 2.24) is 9.88 Å². The van der Waals surface area contributed by atoms with Crippen molar-refractivity contribution >= 4 is 16.5 Å². The Morgan fingerprint density at radius 2 is 1.89 bits per heavy atom. The lowest BCUT2D eigenvalue weighted by molar-refractivity contribution is -0.147. The molecular formula is C13H23N3O2S. The summed E-state index contributed by atoms with van der Waals surface area (Å²) >= 11 is 1.71. The molecule has 5 nitrogen and oxygen atoms in total. The Morgan fingerprint density at radius 3 is 2.42 bits per heavy atom. The maximum atomic E-state index is 5.60. The highest BCUT2D eigenvalue weighted by atomic mass is 32.1. The second-order valence-electron chi connectivity index (χ2n) is 4.44. The Morgan fingerprint density at radius 1 is 1.21 bits per heavy atom. The molecule has 0 radical (unpaired) electrons. The second-order valence-corrected chi connectivity index (χ2v) is 5.32. The first-order valence-electron chi connectivity index (χ1n) is 6.93. The molecule has 0 atom stereocenters. The monoisotopic (exact) mass is 285 g/mol. The molecule has 108 valence electrons. The van der Waals surface area contributed by atoms with Crippen LogP contribution in [0, 0.1) is 0 Å². The summed E-state index contributed by atoms with van der Waals surface area (Å²) < 4.78 is 11.2. The minimum absolute atomic E-state index is 0.0959. The van der Waals surface area contributed by atoms with Gasteiger partial charge < -0.3 is 14.4 Å². The fraction of sp³-hybridized carbons (Fsp3) is 0.769. The van der Waals surface area contributed by atoms with E-state index in [1.54, 1.807) is 11.3 Å². The van der Waals surface area contributed by atoms with E-state index >= 15 is 0 Å². The predicted molar refractivity (Wildman–Crippen MR) is 77.8 cm³/mol. The second kappa shape index (κ2) is 7.79. The molecular weight excluding hydrogens is 262 g/mol. The van der Waals surface area contributed by atoms with Crippen molar-refractivity contribution in [2.24, 2.45) is 0 Å². The number of hydrogen-bond acceptors (Lipinski definition) is 6. The van der Waals surface area contributed by atoms with E-state index in [4.69, 9.17) is 9.47 Å². The van der Waals surface area contributed by atoms with E-state index in [9.17, 15) is 0 Å². The lowest BCUT2D eigenvalue weighted by atomic mass is 10.3. The predicted octanol–water partition coefficient (Wildman–Crippen LogP) is 1.66. The fourth-order valence-corrected chi connectivity index (χ4v) is 2.93. The summed E-state index contributed by atoms with van der Waals surface area (Å²) in [5, 5.41) is 3.16. The molecule has 1 aromatic heterocycles. The van der Waals surface area contributed by atoms with Gasteiger partial charge in [-0.05, 0) is 13.8 Å². The highest BCUT2D eigenvalue weighted by Crippen LogP contribution is 2.19. The van der Waals surface area contributed by atoms with Gasteiger partial charge in [-0.2, -0.15) is 0 Å². The van der Waals surface area contributed by atoms with E-state index in [0.29, 0.717) is 13.2 Å². The standard InChI is InChI=1S/C13H23N3O2S/c1-3-17-12(18-4-2)11-15-6-8-16(9-7-15)13-14-5-10-19-13/h5,10,12H,3-4,6-9,11H2,1-2H3. The number of hydrogen-bond donors (Lipinski definition) is 0. The van der Waals surface area contributed by atoms with Crippen molar-refractivity contribution in [1.29, 1.82) is 0 Å². The van der Waals surface area contributed by atoms with Gasteiger partial charge >= 0.3 is 0 Å². The van der Waals surface area contributed by atoms with Gasteiger partial charge in [0.05, 0.1) is 0 Å². The van der Waals surface area contributed by atoms with Gasteiger partial charge in [-0.1, -0.05) is 0 Å². The molecule has 2 heterocycles.